The van der Waals surface area contributed by atoms with Gasteiger partial charge in [-0.1, -0.05) is 56.3 Å². The van der Waals surface area contributed by atoms with Gasteiger partial charge in [0.15, 0.2) is 5.96 Å². The number of thioether (sulfide) groups is 1. The van der Waals surface area contributed by atoms with Gasteiger partial charge in [-0.25, -0.2) is 4.79 Å². The maximum Gasteiger partial charge on any atom is 0.326 e. The third-order valence-electron chi connectivity index (χ3n) is 9.95. The summed E-state index contributed by atoms with van der Waals surface area (Å²) < 4.78 is 0. The normalized spacial score (nSPS) is 13.5. The Morgan fingerprint density at radius 3 is 1.68 bits per heavy atom. The van der Waals surface area contributed by atoms with Gasteiger partial charge in [-0.05, 0) is 79.7 Å². The van der Waals surface area contributed by atoms with E-state index in [1.807, 2.05) is 0 Å². The molecule has 2 rings (SSSR count). The van der Waals surface area contributed by atoms with Crippen LogP contribution in [-0.2, 0) is 56.0 Å². The van der Waals surface area contributed by atoms with E-state index in [9.17, 15) is 58.5 Å². The van der Waals surface area contributed by atoms with Crippen LogP contribution in [0.3, 0.4) is 0 Å². The van der Waals surface area contributed by atoms with Gasteiger partial charge >= 0.3 is 11.9 Å². The molecule has 68 heavy (non-hydrogen) atoms. The highest BCUT2D eigenvalue weighted by Crippen LogP contribution is 2.12. The summed E-state index contributed by atoms with van der Waals surface area (Å²) in [7, 11) is 0. The van der Waals surface area contributed by atoms with Crippen LogP contribution in [0.1, 0.15) is 63.5 Å². The molecule has 6 atom stereocenters. The molecule has 23 nitrogen and oxygen atoms in total. The summed E-state index contributed by atoms with van der Waals surface area (Å²) in [4.78, 5) is 121. The lowest BCUT2D eigenvalue weighted by molar-refractivity contribution is -0.142. The number of carboxylic acids is 2. The van der Waals surface area contributed by atoms with E-state index in [1.165, 1.54) is 23.9 Å². The van der Waals surface area contributed by atoms with Crippen molar-refractivity contribution in [2.75, 3.05) is 31.6 Å². The van der Waals surface area contributed by atoms with Crippen molar-refractivity contribution in [3.8, 4) is 5.75 Å². The number of aromatic hydroxyl groups is 1. The van der Waals surface area contributed by atoms with Gasteiger partial charge < -0.3 is 69.7 Å². The zero-order valence-electron chi connectivity index (χ0n) is 38.3. The van der Waals surface area contributed by atoms with Crippen molar-refractivity contribution >= 4 is 71.0 Å². The molecule has 0 saturated heterocycles. The van der Waals surface area contributed by atoms with E-state index in [4.69, 9.17) is 17.2 Å². The second-order valence-electron chi connectivity index (χ2n) is 16.2. The molecule has 0 saturated carbocycles. The summed E-state index contributed by atoms with van der Waals surface area (Å²) in [5.74, 6) is -8.07. The van der Waals surface area contributed by atoms with Crippen LogP contribution in [0.5, 0.6) is 5.75 Å². The number of carbonyl (C=O) groups is 9. The maximum absolute atomic E-state index is 14.0. The van der Waals surface area contributed by atoms with E-state index in [2.05, 4.69) is 42.2 Å². The number of guanidine groups is 1. The van der Waals surface area contributed by atoms with E-state index in [0.29, 0.717) is 16.9 Å². The van der Waals surface area contributed by atoms with E-state index < -0.39 is 109 Å². The average molecular weight is 972 g/mol. The Morgan fingerprint density at radius 2 is 1.15 bits per heavy atom. The van der Waals surface area contributed by atoms with Crippen molar-refractivity contribution in [2.45, 2.75) is 101 Å². The van der Waals surface area contributed by atoms with Crippen molar-refractivity contribution in [3.05, 3.63) is 65.7 Å². The van der Waals surface area contributed by atoms with Gasteiger partial charge in [0.25, 0.3) is 0 Å². The van der Waals surface area contributed by atoms with Gasteiger partial charge in [0, 0.05) is 19.4 Å². The Morgan fingerprint density at radius 1 is 0.632 bits per heavy atom. The predicted octanol–water partition coefficient (Wildman–Crippen LogP) is -2.04. The van der Waals surface area contributed by atoms with Gasteiger partial charge in [-0.3, -0.25) is 43.3 Å². The molecule has 0 unspecified atom stereocenters. The molecule has 2 aromatic rings. The number of nitrogens with one attached hydrogen (secondary N) is 7. The second kappa shape index (κ2) is 30.4. The minimum Gasteiger partial charge on any atom is -0.508 e. The highest BCUT2D eigenvalue weighted by molar-refractivity contribution is 7.98. The van der Waals surface area contributed by atoms with Gasteiger partial charge in [0.05, 0.1) is 19.1 Å². The van der Waals surface area contributed by atoms with Crippen LogP contribution < -0.4 is 54.4 Å². The van der Waals surface area contributed by atoms with E-state index in [-0.39, 0.29) is 69.1 Å². The summed E-state index contributed by atoms with van der Waals surface area (Å²) in [5.41, 5.74) is 18.1. The predicted molar refractivity (Wildman–Crippen MR) is 252 cm³/mol. The Hall–Kier alpha value is -6.95. The first-order valence-electron chi connectivity index (χ1n) is 21.8. The summed E-state index contributed by atoms with van der Waals surface area (Å²) >= 11 is 1.37. The largest absolute Gasteiger partial charge is 0.508 e. The molecule has 24 heteroatoms. The number of benzene rings is 2. The first kappa shape index (κ1) is 57.2. The molecule has 0 aliphatic heterocycles. The Bertz CT molecular complexity index is 2040. The molecule has 0 radical (unpaired) electrons. The van der Waals surface area contributed by atoms with Crippen LogP contribution in [0.15, 0.2) is 59.6 Å². The number of hydrogen-bond donors (Lipinski definition) is 13. The monoisotopic (exact) mass is 971 g/mol. The lowest BCUT2D eigenvalue weighted by atomic mass is 10.0. The Kier molecular flexibility index (Phi) is 25.5. The minimum absolute atomic E-state index is 0.00623. The number of nitrogens with two attached hydrogens (primary N) is 3. The molecule has 2 aromatic carbocycles. The molecule has 16 N–H and O–H groups in total. The molecule has 374 valence electrons. The van der Waals surface area contributed by atoms with Crippen molar-refractivity contribution in [1.82, 2.24) is 37.2 Å². The second-order valence-corrected chi connectivity index (χ2v) is 17.1. The first-order chi connectivity index (χ1) is 32.2. The number of nitrogens with zero attached hydrogens (tertiary/aromatic N) is 1. The summed E-state index contributed by atoms with van der Waals surface area (Å²) in [6.45, 7) is 2.33. The van der Waals surface area contributed by atoms with Crippen LogP contribution in [0, 0.1) is 5.92 Å². The van der Waals surface area contributed by atoms with Crippen LogP contribution in [0.25, 0.3) is 0 Å². The highest BCUT2D eigenvalue weighted by Gasteiger charge is 2.31. The number of phenolic OH excluding ortho intramolecular Hbond substituents is 1. The topological polar surface area (TPSA) is 389 Å². The van der Waals surface area contributed by atoms with Crippen LogP contribution in [0.4, 0.5) is 0 Å². The fourth-order valence-corrected chi connectivity index (χ4v) is 6.91. The Labute approximate surface area is 398 Å². The number of hydrogen-bond acceptors (Lipinski definition) is 13. The number of rotatable bonds is 31. The summed E-state index contributed by atoms with van der Waals surface area (Å²) in [6.07, 6.45) is 1.26. The van der Waals surface area contributed by atoms with Crippen LogP contribution in [-0.4, -0.2) is 142 Å². The van der Waals surface area contributed by atoms with Crippen LogP contribution >= 0.6 is 11.8 Å². The van der Waals surface area contributed by atoms with Gasteiger partial charge in [0.2, 0.25) is 41.4 Å². The standard InChI is InChI=1S/C44H65N11O12S/c1-25(2)20-34(43(66)67)52-36(58)24-49-39(62)30(10-7-18-48-44(46)47)54-41(64)32(17-19-68-3)55-42(65)33(22-26-8-5-4-6-9-26)51-35(57)23-50-40(63)31(15-16-37(59)60)53-38(61)29(45)21-27-11-13-28(56)14-12-27/h4-6,8-9,11-14,25,29-34,56H,7,10,15-24,45H2,1-3H3,(H,49,62)(H,50,63)(H,51,57)(H,52,58)(H,53,61)(H,54,64)(H,55,65)(H,59,60)(H,66,67)(H4,46,47,48)/t29-,30-,31-,32-,33-,34-/m0/s1. The third-order valence-corrected chi connectivity index (χ3v) is 10.6. The Balaban J connectivity index is 2.25. The molecule has 0 fully saturated rings. The number of aliphatic imine (C=N–C) groups is 1. The molecule has 0 spiro atoms. The third kappa shape index (κ3) is 23.0. The van der Waals surface area contributed by atoms with Crippen molar-refractivity contribution in [2.24, 2.45) is 28.1 Å². The molecule has 0 aliphatic rings. The van der Waals surface area contributed by atoms with Crippen LogP contribution in [0.2, 0.25) is 0 Å². The zero-order valence-corrected chi connectivity index (χ0v) is 39.1. The molecule has 0 heterocycles. The molecule has 7 amide bonds. The van der Waals surface area contributed by atoms with Crippen molar-refractivity contribution < 1.29 is 58.5 Å². The number of phenols is 1. The fourth-order valence-electron chi connectivity index (χ4n) is 6.44. The van der Waals surface area contributed by atoms with Gasteiger partial charge in [-0.15, -0.1) is 0 Å². The number of aliphatic carboxylic acids is 2. The van der Waals surface area contributed by atoms with E-state index >= 15 is 0 Å². The summed E-state index contributed by atoms with van der Waals surface area (Å²) in [6, 6.07) is 6.88. The number of carbonyl (C=O) groups excluding carboxylic acids is 7. The quantitative estimate of drug-likeness (QED) is 0.0220. The number of carboxylic acid groups (broad SMARTS) is 2. The number of amides is 7. The minimum atomic E-state index is -1.41. The fraction of sp³-hybridized carbons (Fsp3) is 0.500. The molecular weight excluding hydrogens is 907 g/mol. The highest BCUT2D eigenvalue weighted by atomic mass is 32.2. The lowest BCUT2D eigenvalue weighted by Gasteiger charge is -2.26. The SMILES string of the molecule is CSCC[C@H](NC(=O)[C@H](Cc1ccccc1)NC(=O)CNC(=O)[C@H](CCC(=O)O)NC(=O)[C@@H](N)Cc1ccc(O)cc1)C(=O)N[C@@H](CCCN=C(N)N)C(=O)NCC(=O)N[C@@H](CC(C)C)C(=O)O. The lowest BCUT2D eigenvalue weighted by Crippen LogP contribution is -2.58. The van der Waals surface area contributed by atoms with E-state index in [0.717, 1.165) is 0 Å². The molecular formula is C44H65N11O12S. The van der Waals surface area contributed by atoms with Gasteiger partial charge in [-0.2, -0.15) is 11.8 Å². The molecule has 0 aliphatic carbocycles. The summed E-state index contributed by atoms with van der Waals surface area (Å²) in [5, 5.41) is 45.8. The van der Waals surface area contributed by atoms with Gasteiger partial charge in [0.1, 0.15) is 36.0 Å². The zero-order chi connectivity index (χ0) is 50.8. The van der Waals surface area contributed by atoms with Crippen molar-refractivity contribution in [1.29, 1.82) is 0 Å². The maximum atomic E-state index is 14.0. The molecule has 0 bridgehead atoms. The average Bonchev–Trinajstić information content (AvgIpc) is 3.28. The smallest absolute Gasteiger partial charge is 0.326 e. The van der Waals surface area contributed by atoms with Crippen molar-refractivity contribution in [3.63, 3.8) is 0 Å². The molecule has 0 aromatic heterocycles. The first-order valence-corrected chi connectivity index (χ1v) is 23.2. The van der Waals surface area contributed by atoms with E-state index in [1.54, 1.807) is 62.6 Å².